The zero-order chi connectivity index (χ0) is 18.7. The van der Waals surface area contributed by atoms with Crippen molar-refractivity contribution in [3.8, 4) is 17.2 Å². The van der Waals surface area contributed by atoms with Crippen LogP contribution in [-0.4, -0.2) is 29.9 Å². The fourth-order valence-electron chi connectivity index (χ4n) is 2.75. The maximum atomic E-state index is 12.9. The molecule has 6 nitrogen and oxygen atoms in total. The molecule has 0 bridgehead atoms. The maximum absolute atomic E-state index is 12.9. The molecular formula is C20H21N3O3. The van der Waals surface area contributed by atoms with Gasteiger partial charge in [-0.05, 0) is 43.7 Å². The van der Waals surface area contributed by atoms with E-state index in [0.29, 0.717) is 22.9 Å². The van der Waals surface area contributed by atoms with Crippen molar-refractivity contribution in [1.82, 2.24) is 9.78 Å². The second-order valence-electron chi connectivity index (χ2n) is 5.90. The van der Waals surface area contributed by atoms with Crippen molar-refractivity contribution < 1.29 is 14.3 Å². The molecule has 0 saturated carbocycles. The first kappa shape index (κ1) is 17.5. The Balaban J connectivity index is 1.96. The summed E-state index contributed by atoms with van der Waals surface area (Å²) < 4.78 is 12.3. The molecule has 3 rings (SSSR count). The van der Waals surface area contributed by atoms with Gasteiger partial charge in [0.15, 0.2) is 11.5 Å². The average Bonchev–Trinajstić information content (AvgIpc) is 3.02. The second kappa shape index (κ2) is 7.31. The Morgan fingerprint density at radius 3 is 2.31 bits per heavy atom. The number of nitrogens with one attached hydrogen (secondary N) is 1. The van der Waals surface area contributed by atoms with Crippen LogP contribution in [0, 0.1) is 13.8 Å². The summed E-state index contributed by atoms with van der Waals surface area (Å²) >= 11 is 0. The zero-order valence-electron chi connectivity index (χ0n) is 15.2. The molecule has 0 atom stereocenters. The lowest BCUT2D eigenvalue weighted by atomic mass is 10.1. The van der Waals surface area contributed by atoms with E-state index in [4.69, 9.17) is 9.47 Å². The van der Waals surface area contributed by atoms with Gasteiger partial charge in [0.2, 0.25) is 0 Å². The third-order valence-electron chi connectivity index (χ3n) is 4.16. The number of anilines is 1. The Hall–Kier alpha value is -3.28. The van der Waals surface area contributed by atoms with Gasteiger partial charge in [-0.25, -0.2) is 4.68 Å². The quantitative estimate of drug-likeness (QED) is 0.760. The molecule has 0 aliphatic heterocycles. The van der Waals surface area contributed by atoms with Crippen LogP contribution < -0.4 is 14.8 Å². The van der Waals surface area contributed by atoms with E-state index in [2.05, 4.69) is 10.4 Å². The van der Waals surface area contributed by atoms with Gasteiger partial charge in [-0.1, -0.05) is 18.2 Å². The number of rotatable bonds is 5. The predicted molar refractivity (Wildman–Crippen MR) is 101 cm³/mol. The van der Waals surface area contributed by atoms with E-state index < -0.39 is 0 Å². The Labute approximate surface area is 152 Å². The highest BCUT2D eigenvalue weighted by molar-refractivity contribution is 6.05. The van der Waals surface area contributed by atoms with Gasteiger partial charge < -0.3 is 14.8 Å². The van der Waals surface area contributed by atoms with Crippen LogP contribution in [0.4, 0.5) is 5.82 Å². The fraction of sp³-hybridized carbons (Fsp3) is 0.200. The van der Waals surface area contributed by atoms with Crippen LogP contribution in [0.25, 0.3) is 5.69 Å². The molecule has 26 heavy (non-hydrogen) atoms. The number of benzene rings is 2. The van der Waals surface area contributed by atoms with Gasteiger partial charge in [-0.2, -0.15) is 5.10 Å². The highest BCUT2D eigenvalue weighted by Gasteiger charge is 2.18. The topological polar surface area (TPSA) is 65.4 Å². The maximum Gasteiger partial charge on any atom is 0.257 e. The van der Waals surface area contributed by atoms with Gasteiger partial charge in [0.25, 0.3) is 5.91 Å². The molecule has 6 heteroatoms. The number of nitrogens with zero attached hydrogens (tertiary/aromatic N) is 2. The molecular weight excluding hydrogens is 330 g/mol. The van der Waals surface area contributed by atoms with E-state index in [-0.39, 0.29) is 5.91 Å². The van der Waals surface area contributed by atoms with Crippen molar-refractivity contribution in [1.29, 1.82) is 0 Å². The standard InChI is InChI=1S/C20H21N3O3/c1-13-10-17(25-3)18(26-4)11-16(13)20(24)22-19-14(2)12-21-23(19)15-8-6-5-7-9-15/h5-12H,1-4H3,(H,22,24). The summed E-state index contributed by atoms with van der Waals surface area (Å²) in [5.74, 6) is 1.50. The number of amides is 1. The monoisotopic (exact) mass is 351 g/mol. The van der Waals surface area contributed by atoms with Gasteiger partial charge in [0.1, 0.15) is 5.82 Å². The van der Waals surface area contributed by atoms with Crippen LogP contribution in [0.15, 0.2) is 48.7 Å². The molecule has 1 N–H and O–H groups in total. The summed E-state index contributed by atoms with van der Waals surface area (Å²) in [6.45, 7) is 3.77. The lowest BCUT2D eigenvalue weighted by molar-refractivity contribution is 0.102. The number of para-hydroxylation sites is 1. The summed E-state index contributed by atoms with van der Waals surface area (Å²) in [6.07, 6.45) is 1.73. The summed E-state index contributed by atoms with van der Waals surface area (Å²) in [5, 5.41) is 7.34. The largest absolute Gasteiger partial charge is 0.493 e. The van der Waals surface area contributed by atoms with Crippen molar-refractivity contribution in [2.75, 3.05) is 19.5 Å². The molecule has 3 aromatic rings. The van der Waals surface area contributed by atoms with Crippen LogP contribution in [0.1, 0.15) is 21.5 Å². The van der Waals surface area contributed by atoms with Crippen molar-refractivity contribution in [3.05, 3.63) is 65.4 Å². The Bertz CT molecular complexity index is 933. The number of hydrogen-bond donors (Lipinski definition) is 1. The fourth-order valence-corrected chi connectivity index (χ4v) is 2.75. The second-order valence-corrected chi connectivity index (χ2v) is 5.90. The first-order valence-corrected chi connectivity index (χ1v) is 8.19. The molecule has 0 radical (unpaired) electrons. The molecule has 0 spiro atoms. The Kier molecular flexibility index (Phi) is 4.93. The summed E-state index contributed by atoms with van der Waals surface area (Å²) in [7, 11) is 3.11. The number of aryl methyl sites for hydroxylation is 2. The van der Waals surface area contributed by atoms with E-state index in [1.807, 2.05) is 44.2 Å². The van der Waals surface area contributed by atoms with Gasteiger partial charge in [0.05, 0.1) is 26.1 Å². The number of aromatic nitrogens is 2. The summed E-state index contributed by atoms with van der Waals surface area (Å²) in [4.78, 5) is 12.9. The third kappa shape index (κ3) is 3.26. The van der Waals surface area contributed by atoms with Gasteiger partial charge >= 0.3 is 0 Å². The Morgan fingerprint density at radius 1 is 1.00 bits per heavy atom. The summed E-state index contributed by atoms with van der Waals surface area (Å²) in [6, 6.07) is 13.1. The Morgan fingerprint density at radius 2 is 1.65 bits per heavy atom. The van der Waals surface area contributed by atoms with Crippen LogP contribution in [0.3, 0.4) is 0 Å². The first-order chi connectivity index (χ1) is 12.5. The van der Waals surface area contributed by atoms with Gasteiger partial charge in [0, 0.05) is 11.1 Å². The minimum Gasteiger partial charge on any atom is -0.493 e. The van der Waals surface area contributed by atoms with Crippen LogP contribution in [0.5, 0.6) is 11.5 Å². The SMILES string of the molecule is COc1cc(C)c(C(=O)Nc2c(C)cnn2-c2ccccc2)cc1OC. The van der Waals surface area contributed by atoms with E-state index >= 15 is 0 Å². The number of methoxy groups -OCH3 is 2. The molecule has 1 heterocycles. The smallest absolute Gasteiger partial charge is 0.257 e. The lowest BCUT2D eigenvalue weighted by Gasteiger charge is -2.14. The van der Waals surface area contributed by atoms with E-state index in [1.54, 1.807) is 37.2 Å². The molecule has 2 aromatic carbocycles. The highest BCUT2D eigenvalue weighted by atomic mass is 16.5. The molecule has 0 aliphatic carbocycles. The molecule has 1 amide bonds. The number of hydrogen-bond acceptors (Lipinski definition) is 4. The molecule has 0 aliphatic rings. The lowest BCUT2D eigenvalue weighted by Crippen LogP contribution is -2.17. The summed E-state index contributed by atoms with van der Waals surface area (Å²) in [5.41, 5.74) is 3.06. The number of carbonyl (C=O) groups is 1. The van der Waals surface area contributed by atoms with Crippen molar-refractivity contribution >= 4 is 11.7 Å². The van der Waals surface area contributed by atoms with Crippen molar-refractivity contribution in [2.24, 2.45) is 0 Å². The van der Waals surface area contributed by atoms with E-state index in [9.17, 15) is 4.79 Å². The average molecular weight is 351 g/mol. The number of ether oxygens (including phenoxy) is 2. The van der Waals surface area contributed by atoms with Crippen LogP contribution in [0.2, 0.25) is 0 Å². The third-order valence-corrected chi connectivity index (χ3v) is 4.16. The van der Waals surface area contributed by atoms with E-state index in [1.165, 1.54) is 0 Å². The first-order valence-electron chi connectivity index (χ1n) is 8.19. The highest BCUT2D eigenvalue weighted by Crippen LogP contribution is 2.31. The van der Waals surface area contributed by atoms with Crippen LogP contribution in [-0.2, 0) is 0 Å². The predicted octanol–water partition coefficient (Wildman–Crippen LogP) is 3.76. The molecule has 0 saturated heterocycles. The van der Waals surface area contributed by atoms with Crippen molar-refractivity contribution in [2.45, 2.75) is 13.8 Å². The molecule has 0 fully saturated rings. The van der Waals surface area contributed by atoms with Crippen LogP contribution >= 0.6 is 0 Å². The van der Waals surface area contributed by atoms with E-state index in [0.717, 1.165) is 16.8 Å². The van der Waals surface area contributed by atoms with Gasteiger partial charge in [-0.15, -0.1) is 0 Å². The minimum absolute atomic E-state index is 0.232. The molecule has 1 aromatic heterocycles. The van der Waals surface area contributed by atoms with Gasteiger partial charge in [-0.3, -0.25) is 4.79 Å². The molecule has 0 unspecified atom stereocenters. The molecule has 134 valence electrons. The van der Waals surface area contributed by atoms with Crippen molar-refractivity contribution in [3.63, 3.8) is 0 Å². The normalized spacial score (nSPS) is 10.5. The zero-order valence-corrected chi connectivity index (χ0v) is 15.2. The number of carbonyl (C=O) groups excluding carboxylic acids is 1. The minimum atomic E-state index is -0.232.